The van der Waals surface area contributed by atoms with Crippen molar-refractivity contribution in [2.75, 3.05) is 44.6 Å². The number of carboxylic acids is 1. The van der Waals surface area contributed by atoms with Crippen LogP contribution in [-0.2, 0) is 14.4 Å². The van der Waals surface area contributed by atoms with E-state index in [0.29, 0.717) is 35.5 Å². The number of benzene rings is 3. The van der Waals surface area contributed by atoms with Crippen molar-refractivity contribution in [2.24, 2.45) is 5.73 Å². The van der Waals surface area contributed by atoms with E-state index in [1.165, 1.54) is 46.2 Å². The van der Waals surface area contributed by atoms with E-state index in [0.717, 1.165) is 23.9 Å². The van der Waals surface area contributed by atoms with Gasteiger partial charge in [0.1, 0.15) is 10.1 Å². The minimum atomic E-state index is -1.10. The van der Waals surface area contributed by atoms with Crippen LogP contribution < -0.4 is 15.8 Å². The van der Waals surface area contributed by atoms with Crippen molar-refractivity contribution in [1.29, 1.82) is 0 Å². The molecule has 5 rings (SSSR count). The minimum absolute atomic E-state index is 0.0309. The van der Waals surface area contributed by atoms with E-state index >= 15 is 0 Å². The molecule has 16 heteroatoms. The smallest absolute Gasteiger partial charge is 0.335 e. The molecule has 2 aliphatic heterocycles. The van der Waals surface area contributed by atoms with Crippen molar-refractivity contribution in [3.05, 3.63) is 88.3 Å². The van der Waals surface area contributed by atoms with Gasteiger partial charge in [-0.2, -0.15) is 0 Å². The first-order chi connectivity index (χ1) is 23.4. The number of carbonyl (C=O) groups is 5. The number of urea groups is 1. The molecule has 0 radical (unpaired) electrons. The Balaban J connectivity index is 1.31. The van der Waals surface area contributed by atoms with Crippen LogP contribution in [0.15, 0.2) is 65.6 Å². The van der Waals surface area contributed by atoms with Crippen molar-refractivity contribution < 1.29 is 42.6 Å². The number of piperazine rings is 1. The number of primary amides is 1. The predicted molar refractivity (Wildman–Crippen MR) is 182 cm³/mol. The Bertz CT molecular complexity index is 1860. The summed E-state index contributed by atoms with van der Waals surface area (Å²) in [6.07, 6.45) is 1.41. The van der Waals surface area contributed by atoms with Crippen molar-refractivity contribution in [1.82, 2.24) is 14.7 Å². The van der Waals surface area contributed by atoms with E-state index in [1.807, 2.05) is 0 Å². The second-order valence-corrected chi connectivity index (χ2v) is 12.6. The maximum Gasteiger partial charge on any atom is 0.335 e. The summed E-state index contributed by atoms with van der Waals surface area (Å²) in [5, 5.41) is 11.7. The Morgan fingerprint density at radius 1 is 0.939 bits per heavy atom. The Kier molecular flexibility index (Phi) is 10.9. The molecule has 0 bridgehead atoms. The zero-order chi connectivity index (χ0) is 35.2. The number of nitrogens with zero attached hydrogens (tertiary/aromatic N) is 3. The van der Waals surface area contributed by atoms with Crippen LogP contribution in [0.25, 0.3) is 17.2 Å². The molecule has 0 spiro atoms. The first kappa shape index (κ1) is 35.0. The van der Waals surface area contributed by atoms with Gasteiger partial charge in [-0.1, -0.05) is 36.1 Å². The summed E-state index contributed by atoms with van der Waals surface area (Å²) < 4.78 is 33.8. The first-order valence-corrected chi connectivity index (χ1v) is 16.0. The Morgan fingerprint density at radius 3 is 2.24 bits per heavy atom. The number of rotatable bonds is 10. The molecule has 254 valence electrons. The summed E-state index contributed by atoms with van der Waals surface area (Å²) in [6, 6.07) is 13.2. The number of nitrogens with two attached hydrogens (primary N) is 1. The fraction of sp³-hybridized carbons (Fsp3) is 0.212. The van der Waals surface area contributed by atoms with Gasteiger partial charge in [-0.05, 0) is 65.7 Å². The highest BCUT2D eigenvalue weighted by atomic mass is 32.2. The highest BCUT2D eigenvalue weighted by Gasteiger charge is 2.32. The lowest BCUT2D eigenvalue weighted by Gasteiger charge is -2.33. The number of carbonyl (C=O) groups excluding carboxylic acids is 4. The molecule has 49 heavy (non-hydrogen) atoms. The van der Waals surface area contributed by atoms with Crippen LogP contribution in [0, 0.1) is 11.6 Å². The normalized spacial score (nSPS) is 15.5. The molecule has 3 aromatic carbocycles. The zero-order valence-electron chi connectivity index (χ0n) is 25.7. The molecular weight excluding hydrogens is 681 g/mol. The molecule has 2 saturated heterocycles. The van der Waals surface area contributed by atoms with Crippen LogP contribution in [0.4, 0.5) is 19.3 Å². The van der Waals surface area contributed by atoms with Crippen molar-refractivity contribution >= 4 is 69.8 Å². The molecule has 2 aliphatic rings. The molecule has 0 aromatic heterocycles. The fourth-order valence-electron chi connectivity index (χ4n) is 5.02. The van der Waals surface area contributed by atoms with E-state index < -0.39 is 35.4 Å². The highest BCUT2D eigenvalue weighted by Crippen LogP contribution is 2.36. The lowest BCUT2D eigenvalue weighted by molar-refractivity contribution is -0.134. The second kappa shape index (κ2) is 15.3. The van der Waals surface area contributed by atoms with E-state index in [1.54, 1.807) is 23.1 Å². The number of halogens is 2. The molecule has 2 fully saturated rings. The maximum atomic E-state index is 14.1. The number of thiocarbonyl (C=S) groups is 1. The molecule has 3 aromatic rings. The van der Waals surface area contributed by atoms with Crippen LogP contribution in [0.5, 0.6) is 5.75 Å². The predicted octanol–water partition coefficient (Wildman–Crippen LogP) is 4.16. The number of hydrogen-bond donors (Lipinski definition) is 3. The van der Waals surface area contributed by atoms with Gasteiger partial charge in [-0.25, -0.2) is 18.4 Å². The third-order valence-corrected chi connectivity index (χ3v) is 9.07. The van der Waals surface area contributed by atoms with Crippen molar-refractivity contribution in [2.45, 2.75) is 6.42 Å². The number of nitrogens with one attached hydrogen (secondary N) is 1. The number of anilines is 1. The molecule has 12 nitrogen and oxygen atoms in total. The number of aromatic carboxylic acids is 1. The van der Waals surface area contributed by atoms with Gasteiger partial charge in [0.25, 0.3) is 11.8 Å². The van der Waals surface area contributed by atoms with Crippen LogP contribution in [-0.4, -0.2) is 93.2 Å². The largest absolute Gasteiger partial charge is 0.483 e. The number of thioether (sulfide) groups is 1. The molecule has 2 heterocycles. The van der Waals surface area contributed by atoms with E-state index in [-0.39, 0.29) is 59.1 Å². The first-order valence-electron chi connectivity index (χ1n) is 14.8. The average Bonchev–Trinajstić information content (AvgIpc) is 3.35. The van der Waals surface area contributed by atoms with Gasteiger partial charge in [0, 0.05) is 50.4 Å². The number of carboxylic acid groups (broad SMARTS) is 1. The lowest BCUT2D eigenvalue weighted by atomic mass is 10.0. The van der Waals surface area contributed by atoms with E-state index in [2.05, 4.69) is 5.32 Å². The molecule has 4 N–H and O–H groups in total. The Labute approximate surface area is 288 Å². The van der Waals surface area contributed by atoms with Crippen LogP contribution in [0.3, 0.4) is 0 Å². The number of ether oxygens (including phenoxy) is 1. The third kappa shape index (κ3) is 8.58. The van der Waals surface area contributed by atoms with Crippen LogP contribution >= 0.6 is 24.0 Å². The van der Waals surface area contributed by atoms with Gasteiger partial charge in [-0.15, -0.1) is 0 Å². The van der Waals surface area contributed by atoms with Gasteiger partial charge >= 0.3 is 12.0 Å². The Hall–Kier alpha value is -5.35. The van der Waals surface area contributed by atoms with Crippen LogP contribution in [0.1, 0.15) is 22.3 Å². The quantitative estimate of drug-likeness (QED) is 0.207. The standard InChI is InChI=1S/C33H29F2N5O7S2/c34-24-7-3-21(16-25(24)35)20-4-8-26(47-18-29(42)38-11-13-39(14-12-38)32(36)46)22(15-20)17-27-30(43)40(33(48)49-27)10-9-28(41)37-23-5-1-19(2-6-23)31(44)45/h1-8,15-17H,9-14,18H2,(H2,36,46)(H,37,41)(H,44,45). The summed E-state index contributed by atoms with van der Waals surface area (Å²) in [6.45, 7) is 0.764. The van der Waals surface area contributed by atoms with Gasteiger partial charge in [0.15, 0.2) is 18.2 Å². The second-order valence-electron chi connectivity index (χ2n) is 10.9. The third-order valence-electron chi connectivity index (χ3n) is 7.70. The van der Waals surface area contributed by atoms with E-state index in [9.17, 15) is 32.8 Å². The monoisotopic (exact) mass is 709 g/mol. The lowest BCUT2D eigenvalue weighted by Crippen LogP contribution is -2.52. The van der Waals surface area contributed by atoms with Gasteiger partial charge in [0.05, 0.1) is 10.5 Å². The summed E-state index contributed by atoms with van der Waals surface area (Å²) in [4.78, 5) is 65.8. The average molecular weight is 710 g/mol. The molecule has 0 atom stereocenters. The number of hydrogen-bond acceptors (Lipinski definition) is 8. The summed E-state index contributed by atoms with van der Waals surface area (Å²) in [7, 11) is 0. The molecule has 0 aliphatic carbocycles. The van der Waals surface area contributed by atoms with Crippen molar-refractivity contribution in [3.63, 3.8) is 0 Å². The van der Waals surface area contributed by atoms with Crippen LogP contribution in [0.2, 0.25) is 0 Å². The summed E-state index contributed by atoms with van der Waals surface area (Å²) in [5.74, 6) is -4.13. The highest BCUT2D eigenvalue weighted by molar-refractivity contribution is 8.26. The van der Waals surface area contributed by atoms with Gasteiger partial charge in [0.2, 0.25) is 5.91 Å². The van der Waals surface area contributed by atoms with Gasteiger partial charge in [-0.3, -0.25) is 19.3 Å². The molecule has 0 saturated carbocycles. The molecule has 0 unspecified atom stereocenters. The van der Waals surface area contributed by atoms with Gasteiger partial charge < -0.3 is 30.7 Å². The molecular formula is C33H29F2N5O7S2. The summed E-state index contributed by atoms with van der Waals surface area (Å²) in [5.41, 5.74) is 6.98. The fourth-order valence-corrected chi connectivity index (χ4v) is 6.32. The maximum absolute atomic E-state index is 14.1. The zero-order valence-corrected chi connectivity index (χ0v) is 27.3. The van der Waals surface area contributed by atoms with E-state index in [4.69, 9.17) is 27.8 Å². The minimum Gasteiger partial charge on any atom is -0.483 e. The number of amides is 5. The Morgan fingerprint density at radius 2 is 1.59 bits per heavy atom. The topological polar surface area (TPSA) is 163 Å². The molecule has 5 amide bonds. The SMILES string of the molecule is NC(=O)N1CCN(C(=O)COc2ccc(-c3ccc(F)c(F)c3)cc2C=C2SC(=S)N(CCC(=O)Nc3ccc(C(=O)O)cc3)C2=O)CC1. The van der Waals surface area contributed by atoms with Crippen molar-refractivity contribution in [3.8, 4) is 16.9 Å². The summed E-state index contributed by atoms with van der Waals surface area (Å²) >= 11 is 6.42.